The van der Waals surface area contributed by atoms with Gasteiger partial charge in [-0.1, -0.05) is 33.1 Å². The fourth-order valence-corrected chi connectivity index (χ4v) is 4.06. The molecule has 0 fully saturated rings. The van der Waals surface area contributed by atoms with Crippen LogP contribution in [0.2, 0.25) is 0 Å². The quantitative estimate of drug-likeness (QED) is 0.171. The molecule has 1 atom stereocenters. The summed E-state index contributed by atoms with van der Waals surface area (Å²) >= 11 is 0. The lowest BCUT2D eigenvalue weighted by Crippen LogP contribution is -2.11. The number of hydrogen-bond acceptors (Lipinski definition) is 9. The zero-order valence-corrected chi connectivity index (χ0v) is 21.3. The molecule has 0 saturated heterocycles. The summed E-state index contributed by atoms with van der Waals surface area (Å²) in [5, 5.41) is 51.1. The molecular formula is C29H31N3O6. The Morgan fingerprint density at radius 2 is 1.13 bits per heavy atom. The van der Waals surface area contributed by atoms with Gasteiger partial charge in [0.2, 0.25) is 0 Å². The Morgan fingerprint density at radius 1 is 0.658 bits per heavy atom. The summed E-state index contributed by atoms with van der Waals surface area (Å²) in [6.07, 6.45) is 4.37. The van der Waals surface area contributed by atoms with Crippen molar-refractivity contribution in [3.63, 3.8) is 0 Å². The summed E-state index contributed by atoms with van der Waals surface area (Å²) in [4.78, 5) is 13.3. The van der Waals surface area contributed by atoms with Crippen molar-refractivity contribution in [2.45, 2.75) is 39.5 Å². The molecule has 1 unspecified atom stereocenters. The van der Waals surface area contributed by atoms with E-state index in [0.29, 0.717) is 18.3 Å². The van der Waals surface area contributed by atoms with Gasteiger partial charge < -0.3 is 30.3 Å². The van der Waals surface area contributed by atoms with E-state index in [9.17, 15) is 25.5 Å². The van der Waals surface area contributed by atoms with Crippen LogP contribution in [0, 0.1) is 5.92 Å². The van der Waals surface area contributed by atoms with Crippen molar-refractivity contribution in [3.05, 3.63) is 54.6 Å². The first-order valence-electron chi connectivity index (χ1n) is 12.6. The topological polar surface area (TPSA) is 149 Å². The van der Waals surface area contributed by atoms with E-state index in [-0.39, 0.29) is 62.9 Å². The average Bonchev–Trinajstić information content (AvgIpc) is 2.88. The van der Waals surface area contributed by atoms with Crippen molar-refractivity contribution in [1.82, 2.24) is 15.0 Å². The van der Waals surface area contributed by atoms with Gasteiger partial charge in [-0.15, -0.1) is 0 Å². The predicted octanol–water partition coefficient (Wildman–Crippen LogP) is 6.00. The smallest absolute Gasteiger partial charge is 0.167 e. The maximum atomic E-state index is 10.9. The SMILES string of the molecule is CCCCC(CC)COc1ccc(-c2nc(-c3ccc(O)cc3O)nc(-c3ccc(O)cc3O)n2)c(O)c1. The lowest BCUT2D eigenvalue weighted by atomic mass is 10.0. The molecule has 38 heavy (non-hydrogen) atoms. The van der Waals surface area contributed by atoms with Gasteiger partial charge in [0.05, 0.1) is 23.3 Å². The number of aromatic nitrogens is 3. The summed E-state index contributed by atoms with van der Waals surface area (Å²) in [7, 11) is 0. The van der Waals surface area contributed by atoms with Crippen molar-refractivity contribution in [1.29, 1.82) is 0 Å². The van der Waals surface area contributed by atoms with Crippen LogP contribution in [0.1, 0.15) is 39.5 Å². The minimum Gasteiger partial charge on any atom is -0.508 e. The molecule has 4 rings (SSSR count). The van der Waals surface area contributed by atoms with Gasteiger partial charge >= 0.3 is 0 Å². The van der Waals surface area contributed by atoms with Crippen LogP contribution in [0.3, 0.4) is 0 Å². The normalized spacial score (nSPS) is 11.8. The number of ether oxygens (including phenoxy) is 1. The molecule has 0 aliphatic carbocycles. The third kappa shape index (κ3) is 6.05. The fraction of sp³-hybridized carbons (Fsp3) is 0.276. The molecule has 5 N–H and O–H groups in total. The van der Waals surface area contributed by atoms with Gasteiger partial charge in [0.1, 0.15) is 34.5 Å². The van der Waals surface area contributed by atoms with Gasteiger partial charge in [0.25, 0.3) is 0 Å². The maximum absolute atomic E-state index is 10.9. The van der Waals surface area contributed by atoms with Crippen LogP contribution >= 0.6 is 0 Å². The largest absolute Gasteiger partial charge is 0.508 e. The van der Waals surface area contributed by atoms with Crippen molar-refractivity contribution in [2.75, 3.05) is 6.61 Å². The monoisotopic (exact) mass is 517 g/mol. The molecule has 0 spiro atoms. The number of phenolic OH excluding ortho intramolecular Hbond substituents is 5. The lowest BCUT2D eigenvalue weighted by Gasteiger charge is -2.16. The number of benzene rings is 3. The van der Waals surface area contributed by atoms with Crippen molar-refractivity contribution >= 4 is 0 Å². The Morgan fingerprint density at radius 3 is 1.55 bits per heavy atom. The minimum absolute atomic E-state index is 0.0522. The third-order valence-electron chi connectivity index (χ3n) is 6.32. The molecule has 0 amide bonds. The van der Waals surface area contributed by atoms with Crippen molar-refractivity contribution < 1.29 is 30.3 Å². The molecule has 3 aromatic carbocycles. The number of rotatable bonds is 10. The third-order valence-corrected chi connectivity index (χ3v) is 6.32. The molecule has 1 aromatic heterocycles. The van der Waals surface area contributed by atoms with Crippen LogP contribution in [0.4, 0.5) is 0 Å². The lowest BCUT2D eigenvalue weighted by molar-refractivity contribution is 0.232. The Bertz CT molecular complexity index is 1360. The van der Waals surface area contributed by atoms with Crippen LogP contribution in [-0.4, -0.2) is 47.1 Å². The second kappa shape index (κ2) is 11.7. The second-order valence-corrected chi connectivity index (χ2v) is 9.12. The highest BCUT2D eigenvalue weighted by Gasteiger charge is 2.19. The molecule has 0 aliphatic heterocycles. The van der Waals surface area contributed by atoms with Crippen LogP contribution in [0.5, 0.6) is 34.5 Å². The van der Waals surface area contributed by atoms with E-state index in [0.717, 1.165) is 37.8 Å². The molecule has 0 bridgehead atoms. The summed E-state index contributed by atoms with van der Waals surface area (Å²) in [6.45, 7) is 4.85. The van der Waals surface area contributed by atoms with E-state index < -0.39 is 0 Å². The molecule has 1 heterocycles. The number of aromatic hydroxyl groups is 5. The van der Waals surface area contributed by atoms with E-state index in [2.05, 4.69) is 28.8 Å². The van der Waals surface area contributed by atoms with Crippen molar-refractivity contribution in [2.24, 2.45) is 5.92 Å². The van der Waals surface area contributed by atoms with Gasteiger partial charge in [0.15, 0.2) is 17.5 Å². The molecule has 0 aliphatic rings. The zero-order valence-electron chi connectivity index (χ0n) is 21.3. The highest BCUT2D eigenvalue weighted by molar-refractivity contribution is 5.74. The van der Waals surface area contributed by atoms with Gasteiger partial charge in [-0.05, 0) is 48.7 Å². The molecule has 9 heteroatoms. The van der Waals surface area contributed by atoms with E-state index in [1.807, 2.05) is 0 Å². The zero-order chi connectivity index (χ0) is 27.2. The van der Waals surface area contributed by atoms with Crippen molar-refractivity contribution in [3.8, 4) is 68.7 Å². The minimum atomic E-state index is -0.260. The van der Waals surface area contributed by atoms with Gasteiger partial charge in [-0.3, -0.25) is 0 Å². The molecule has 0 saturated carbocycles. The summed E-state index contributed by atoms with van der Waals surface area (Å²) in [5.41, 5.74) is 0.711. The predicted molar refractivity (Wildman–Crippen MR) is 143 cm³/mol. The number of nitrogens with zero attached hydrogens (tertiary/aromatic N) is 3. The van der Waals surface area contributed by atoms with Crippen LogP contribution in [0.15, 0.2) is 54.6 Å². The Kier molecular flexibility index (Phi) is 8.15. The van der Waals surface area contributed by atoms with Gasteiger partial charge in [-0.25, -0.2) is 15.0 Å². The summed E-state index contributed by atoms with van der Waals surface area (Å²) in [5.74, 6) is 0.238. The Labute approximate surface area is 220 Å². The fourth-order valence-electron chi connectivity index (χ4n) is 4.06. The Hall–Kier alpha value is -4.53. The molecular weight excluding hydrogens is 486 g/mol. The number of hydrogen-bond donors (Lipinski definition) is 5. The first-order chi connectivity index (χ1) is 18.3. The maximum Gasteiger partial charge on any atom is 0.167 e. The molecule has 4 aromatic rings. The van der Waals surface area contributed by atoms with E-state index in [4.69, 9.17) is 4.74 Å². The van der Waals surface area contributed by atoms with Crippen LogP contribution in [-0.2, 0) is 0 Å². The average molecular weight is 518 g/mol. The first-order valence-corrected chi connectivity index (χ1v) is 12.6. The van der Waals surface area contributed by atoms with Gasteiger partial charge in [-0.2, -0.15) is 0 Å². The number of phenols is 5. The van der Waals surface area contributed by atoms with Gasteiger partial charge in [0, 0.05) is 18.2 Å². The first kappa shape index (κ1) is 26.5. The van der Waals surface area contributed by atoms with E-state index in [1.54, 1.807) is 12.1 Å². The highest BCUT2D eigenvalue weighted by atomic mass is 16.5. The van der Waals surface area contributed by atoms with Crippen LogP contribution in [0.25, 0.3) is 34.2 Å². The standard InChI is InChI=1S/C29H31N3O6/c1-3-5-6-17(4-2)16-38-20-9-12-23(26(37)15-20)29-31-27(21-10-7-18(33)13-24(21)35)30-28(32-29)22-11-8-19(34)14-25(22)36/h7-15,17,33-37H,3-6,16H2,1-2H3. The second-order valence-electron chi connectivity index (χ2n) is 9.12. The summed E-state index contributed by atoms with van der Waals surface area (Å²) < 4.78 is 5.94. The molecule has 0 radical (unpaired) electrons. The number of unbranched alkanes of at least 4 members (excludes halogenated alkanes) is 1. The van der Waals surface area contributed by atoms with Crippen LogP contribution < -0.4 is 4.74 Å². The van der Waals surface area contributed by atoms with E-state index in [1.165, 1.54) is 30.3 Å². The molecule has 198 valence electrons. The Balaban J connectivity index is 1.74. The highest BCUT2D eigenvalue weighted by Crippen LogP contribution is 2.37. The van der Waals surface area contributed by atoms with E-state index >= 15 is 0 Å². The molecule has 9 nitrogen and oxygen atoms in total. The summed E-state index contributed by atoms with van der Waals surface area (Å²) in [6, 6.07) is 12.8.